The van der Waals surface area contributed by atoms with Gasteiger partial charge < -0.3 is 0 Å². The second-order valence-electron chi connectivity index (χ2n) is 4.04. The van der Waals surface area contributed by atoms with Crippen molar-refractivity contribution in [2.75, 3.05) is 0 Å². The number of carbonyl (C=O) groups is 2. The second-order valence-corrected chi connectivity index (χ2v) is 4.75. The molecule has 2 aromatic heterocycles. The van der Waals surface area contributed by atoms with Gasteiger partial charge >= 0.3 is 0 Å². The maximum absolute atomic E-state index is 10.4. The van der Waals surface area contributed by atoms with Crippen LogP contribution in [0.2, 0.25) is 0 Å². The van der Waals surface area contributed by atoms with Crippen molar-refractivity contribution in [1.82, 2.24) is 13.9 Å². The van der Waals surface area contributed by atoms with Crippen LogP contribution in [0.5, 0.6) is 0 Å². The summed E-state index contributed by atoms with van der Waals surface area (Å²) in [5, 5.41) is 0. The fraction of sp³-hybridized carbons (Fsp3) is 0.143. The van der Waals surface area contributed by atoms with E-state index in [1.807, 2.05) is 24.3 Å². The van der Waals surface area contributed by atoms with Crippen molar-refractivity contribution < 1.29 is 9.59 Å². The fourth-order valence-corrected chi connectivity index (χ4v) is 1.99. The van der Waals surface area contributed by atoms with Crippen LogP contribution in [-0.2, 0) is 9.59 Å². The molecule has 6 heteroatoms. The van der Waals surface area contributed by atoms with E-state index in [1.54, 1.807) is 24.8 Å². The van der Waals surface area contributed by atoms with Gasteiger partial charge in [0.1, 0.15) is 0 Å². The van der Waals surface area contributed by atoms with E-state index in [2.05, 4.69) is 26.1 Å². The standard InChI is InChI=1S/C10H8N2.C4H4BrNO2/c1-5-11-6-2-9(1)10-3-7-12-8-4-10;5-6-3(7)1-2-4(6)8/h1-8H;1-2H2. The van der Waals surface area contributed by atoms with Gasteiger partial charge in [-0.05, 0) is 35.4 Å². The van der Waals surface area contributed by atoms with Gasteiger partial charge in [-0.1, -0.05) is 0 Å². The van der Waals surface area contributed by atoms with Gasteiger partial charge in [0.05, 0.1) is 16.1 Å². The average Bonchev–Trinajstić information content (AvgIpc) is 2.81. The van der Waals surface area contributed by atoms with Crippen LogP contribution in [-0.4, -0.2) is 25.7 Å². The van der Waals surface area contributed by atoms with Crippen LogP contribution in [0.4, 0.5) is 0 Å². The van der Waals surface area contributed by atoms with Crippen LogP contribution in [0.25, 0.3) is 11.1 Å². The van der Waals surface area contributed by atoms with E-state index in [4.69, 9.17) is 0 Å². The van der Waals surface area contributed by atoms with Crippen LogP contribution in [0.3, 0.4) is 0 Å². The first kappa shape index (κ1) is 14.3. The number of hydrogen-bond donors (Lipinski definition) is 0. The maximum Gasteiger partial charge on any atom is 0.239 e. The Kier molecular flexibility index (Phi) is 4.95. The van der Waals surface area contributed by atoms with Crippen LogP contribution in [0, 0.1) is 0 Å². The highest BCUT2D eigenvalue weighted by Crippen LogP contribution is 2.16. The minimum Gasteiger partial charge on any atom is -0.274 e. The second kappa shape index (κ2) is 6.91. The lowest BCUT2D eigenvalue weighted by Gasteiger charge is -1.97. The summed E-state index contributed by atoms with van der Waals surface area (Å²) in [6.07, 6.45) is 7.85. The molecule has 1 saturated heterocycles. The number of halogens is 1. The van der Waals surface area contributed by atoms with Crippen LogP contribution >= 0.6 is 16.1 Å². The van der Waals surface area contributed by atoms with E-state index in [9.17, 15) is 9.59 Å². The van der Waals surface area contributed by atoms with Gasteiger partial charge in [0.2, 0.25) is 11.8 Å². The lowest BCUT2D eigenvalue weighted by atomic mass is 10.1. The van der Waals surface area contributed by atoms with Crippen molar-refractivity contribution in [2.24, 2.45) is 0 Å². The van der Waals surface area contributed by atoms with Crippen molar-refractivity contribution in [3.63, 3.8) is 0 Å². The van der Waals surface area contributed by atoms with Crippen molar-refractivity contribution >= 4 is 28.0 Å². The summed E-state index contributed by atoms with van der Waals surface area (Å²) in [6, 6.07) is 7.93. The molecule has 5 nitrogen and oxygen atoms in total. The van der Waals surface area contributed by atoms with Gasteiger partial charge in [-0.2, -0.15) is 0 Å². The van der Waals surface area contributed by atoms with Crippen LogP contribution in [0.15, 0.2) is 49.1 Å². The van der Waals surface area contributed by atoms with Gasteiger partial charge in [-0.3, -0.25) is 19.6 Å². The van der Waals surface area contributed by atoms with Gasteiger partial charge in [-0.25, -0.2) is 3.93 Å². The Morgan fingerprint density at radius 1 is 0.800 bits per heavy atom. The molecule has 0 bridgehead atoms. The van der Waals surface area contributed by atoms with Gasteiger partial charge in [0, 0.05) is 37.6 Å². The lowest BCUT2D eigenvalue weighted by molar-refractivity contribution is -0.131. The predicted molar refractivity (Wildman–Crippen MR) is 77.5 cm³/mol. The van der Waals surface area contributed by atoms with E-state index < -0.39 is 0 Å². The third-order valence-corrected chi connectivity index (χ3v) is 3.48. The Balaban J connectivity index is 0.000000160. The van der Waals surface area contributed by atoms with Gasteiger partial charge in [0.25, 0.3) is 0 Å². The molecule has 0 aliphatic carbocycles. The number of nitrogens with zero attached hydrogens (tertiary/aromatic N) is 3. The summed E-state index contributed by atoms with van der Waals surface area (Å²) >= 11 is 2.80. The Labute approximate surface area is 125 Å². The molecule has 1 fully saturated rings. The lowest BCUT2D eigenvalue weighted by Crippen LogP contribution is -2.16. The number of pyridine rings is 2. The molecular weight excluding hydrogens is 322 g/mol. The third kappa shape index (κ3) is 3.71. The largest absolute Gasteiger partial charge is 0.274 e. The third-order valence-electron chi connectivity index (χ3n) is 2.68. The minimum atomic E-state index is -0.144. The number of carbonyl (C=O) groups excluding carboxylic acids is 2. The number of amides is 2. The summed E-state index contributed by atoms with van der Waals surface area (Å²) < 4.78 is 0.979. The molecule has 0 radical (unpaired) electrons. The summed E-state index contributed by atoms with van der Waals surface area (Å²) in [4.78, 5) is 28.8. The van der Waals surface area contributed by atoms with Gasteiger partial charge in [0.15, 0.2) is 0 Å². The smallest absolute Gasteiger partial charge is 0.239 e. The van der Waals surface area contributed by atoms with Crippen molar-refractivity contribution in [3.05, 3.63) is 49.1 Å². The quantitative estimate of drug-likeness (QED) is 0.594. The fourth-order valence-electron chi connectivity index (χ4n) is 1.64. The van der Waals surface area contributed by atoms with Crippen molar-refractivity contribution in [2.45, 2.75) is 12.8 Å². The van der Waals surface area contributed by atoms with Crippen LogP contribution < -0.4 is 0 Å². The number of hydrogen-bond acceptors (Lipinski definition) is 4. The molecule has 2 amide bonds. The first-order valence-electron chi connectivity index (χ1n) is 6.00. The molecule has 0 aromatic carbocycles. The molecule has 0 spiro atoms. The zero-order valence-electron chi connectivity index (χ0n) is 10.6. The van der Waals surface area contributed by atoms with Crippen LogP contribution in [0.1, 0.15) is 12.8 Å². The summed E-state index contributed by atoms with van der Waals surface area (Å²) in [5.41, 5.74) is 2.35. The zero-order valence-corrected chi connectivity index (χ0v) is 12.2. The molecule has 0 saturated carbocycles. The summed E-state index contributed by atoms with van der Waals surface area (Å²) in [6.45, 7) is 0. The topological polar surface area (TPSA) is 63.2 Å². The number of rotatable bonds is 1. The average molecular weight is 334 g/mol. The van der Waals surface area contributed by atoms with Crippen molar-refractivity contribution in [3.8, 4) is 11.1 Å². The molecule has 102 valence electrons. The highest BCUT2D eigenvalue weighted by molar-refractivity contribution is 9.08. The molecule has 1 aliphatic heterocycles. The first-order valence-corrected chi connectivity index (χ1v) is 6.71. The predicted octanol–water partition coefficient (Wildman–Crippen LogP) is 2.59. The minimum absolute atomic E-state index is 0.144. The highest BCUT2D eigenvalue weighted by atomic mass is 79.9. The molecule has 2 aromatic rings. The first-order chi connectivity index (χ1) is 9.68. The maximum atomic E-state index is 10.4. The van der Waals surface area contributed by atoms with E-state index in [0.717, 1.165) is 3.93 Å². The molecule has 1 aliphatic rings. The Morgan fingerprint density at radius 2 is 1.15 bits per heavy atom. The number of aromatic nitrogens is 2. The summed E-state index contributed by atoms with van der Waals surface area (Å²) in [5.74, 6) is -0.287. The van der Waals surface area contributed by atoms with E-state index in [1.165, 1.54) is 11.1 Å². The highest BCUT2D eigenvalue weighted by Gasteiger charge is 2.26. The SMILES string of the molecule is O=C1CCC(=O)N1Br.c1cc(-c2ccncc2)ccn1. The summed E-state index contributed by atoms with van der Waals surface area (Å²) in [7, 11) is 0. The van der Waals surface area contributed by atoms with E-state index in [-0.39, 0.29) is 11.8 Å². The molecule has 3 heterocycles. The Morgan fingerprint density at radius 3 is 1.40 bits per heavy atom. The molecule has 3 rings (SSSR count). The number of imide groups is 1. The molecule has 0 unspecified atom stereocenters. The van der Waals surface area contributed by atoms with E-state index >= 15 is 0 Å². The molecule has 0 atom stereocenters. The molecule has 20 heavy (non-hydrogen) atoms. The van der Waals surface area contributed by atoms with E-state index in [0.29, 0.717) is 12.8 Å². The normalized spacial score (nSPS) is 13.9. The van der Waals surface area contributed by atoms with Crippen molar-refractivity contribution in [1.29, 1.82) is 0 Å². The Hall–Kier alpha value is -2.08. The molecule has 0 N–H and O–H groups in total. The monoisotopic (exact) mass is 333 g/mol. The zero-order chi connectivity index (χ0) is 14.4. The van der Waals surface area contributed by atoms with Gasteiger partial charge in [-0.15, -0.1) is 0 Å². The molecular formula is C14H12BrN3O2. The Bertz CT molecular complexity index is 536.